The lowest BCUT2D eigenvalue weighted by molar-refractivity contribution is -0.133. The third-order valence-corrected chi connectivity index (χ3v) is 4.72. The molecular weight excluding hydrogens is 290 g/mol. The molecule has 2 aliphatic rings. The molecule has 5 nitrogen and oxygen atoms in total. The number of likely N-dealkylation sites (tertiary alicyclic amines) is 1. The van der Waals surface area contributed by atoms with Crippen molar-refractivity contribution in [1.29, 1.82) is 0 Å². The molecule has 0 bridgehead atoms. The van der Waals surface area contributed by atoms with Crippen LogP contribution in [0.5, 0.6) is 0 Å². The smallest absolute Gasteiger partial charge is 0.315 e. The summed E-state index contributed by atoms with van der Waals surface area (Å²) < 4.78 is 0. The molecule has 2 fully saturated rings. The van der Waals surface area contributed by atoms with E-state index in [0.29, 0.717) is 5.91 Å². The van der Waals surface area contributed by atoms with Gasteiger partial charge in [-0.1, -0.05) is 30.3 Å². The Morgan fingerprint density at radius 1 is 1.09 bits per heavy atom. The Kier molecular flexibility index (Phi) is 4.84. The molecule has 0 aromatic heterocycles. The molecule has 124 valence electrons. The molecule has 1 atom stereocenters. The van der Waals surface area contributed by atoms with Gasteiger partial charge in [0.1, 0.15) is 0 Å². The molecule has 0 radical (unpaired) electrons. The molecule has 5 heteroatoms. The van der Waals surface area contributed by atoms with Crippen molar-refractivity contribution < 1.29 is 9.59 Å². The zero-order valence-corrected chi connectivity index (χ0v) is 13.6. The minimum atomic E-state index is -0.131. The number of carbonyl (C=O) groups excluding carboxylic acids is 2. The summed E-state index contributed by atoms with van der Waals surface area (Å²) in [6.45, 7) is 3.49. The summed E-state index contributed by atoms with van der Waals surface area (Å²) in [7, 11) is 0. The molecule has 23 heavy (non-hydrogen) atoms. The number of hydrogen-bond acceptors (Lipinski definition) is 2. The van der Waals surface area contributed by atoms with E-state index in [-0.39, 0.29) is 24.0 Å². The Morgan fingerprint density at radius 2 is 1.74 bits per heavy atom. The number of urea groups is 1. The lowest BCUT2D eigenvalue weighted by atomic mass is 10.0. The summed E-state index contributed by atoms with van der Waals surface area (Å²) in [4.78, 5) is 26.1. The Morgan fingerprint density at radius 3 is 2.35 bits per heavy atom. The van der Waals surface area contributed by atoms with E-state index in [4.69, 9.17) is 0 Å². The molecule has 1 saturated carbocycles. The molecule has 1 aliphatic carbocycles. The minimum Gasteiger partial charge on any atom is -0.342 e. The van der Waals surface area contributed by atoms with Crippen LogP contribution in [-0.4, -0.2) is 36.0 Å². The summed E-state index contributed by atoms with van der Waals surface area (Å²) in [6.07, 6.45) is 3.78. The van der Waals surface area contributed by atoms with E-state index in [1.807, 2.05) is 42.2 Å². The van der Waals surface area contributed by atoms with Gasteiger partial charge in [0.25, 0.3) is 0 Å². The van der Waals surface area contributed by atoms with Gasteiger partial charge in [-0.2, -0.15) is 0 Å². The first-order chi connectivity index (χ1) is 11.1. The van der Waals surface area contributed by atoms with Gasteiger partial charge < -0.3 is 15.5 Å². The van der Waals surface area contributed by atoms with Gasteiger partial charge in [-0.15, -0.1) is 0 Å². The van der Waals surface area contributed by atoms with Crippen molar-refractivity contribution >= 4 is 11.9 Å². The molecular formula is C18H25N3O2. The maximum atomic E-state index is 12.1. The fraction of sp³-hybridized carbons (Fsp3) is 0.556. The van der Waals surface area contributed by atoms with E-state index in [2.05, 4.69) is 10.6 Å². The van der Waals surface area contributed by atoms with Crippen LogP contribution in [0, 0.1) is 5.92 Å². The Bertz CT molecular complexity index is 549. The normalized spacial score (nSPS) is 20.0. The first-order valence-electron chi connectivity index (χ1n) is 8.54. The number of carbonyl (C=O) groups is 2. The first kappa shape index (κ1) is 15.8. The van der Waals surface area contributed by atoms with Crippen LogP contribution in [0.3, 0.4) is 0 Å². The molecule has 1 aromatic carbocycles. The highest BCUT2D eigenvalue weighted by molar-refractivity contribution is 5.81. The van der Waals surface area contributed by atoms with Crippen molar-refractivity contribution in [3.05, 3.63) is 35.9 Å². The predicted molar refractivity (Wildman–Crippen MR) is 88.9 cm³/mol. The zero-order chi connectivity index (χ0) is 16.2. The van der Waals surface area contributed by atoms with Crippen LogP contribution >= 0.6 is 0 Å². The van der Waals surface area contributed by atoms with Crippen molar-refractivity contribution in [3.63, 3.8) is 0 Å². The fourth-order valence-electron chi connectivity index (χ4n) is 3.08. The summed E-state index contributed by atoms with van der Waals surface area (Å²) in [5.74, 6) is 0.597. The highest BCUT2D eigenvalue weighted by Crippen LogP contribution is 2.31. The van der Waals surface area contributed by atoms with E-state index in [1.54, 1.807) is 0 Å². The van der Waals surface area contributed by atoms with E-state index in [0.717, 1.165) is 44.3 Å². The second-order valence-electron chi connectivity index (χ2n) is 6.62. The van der Waals surface area contributed by atoms with Crippen LogP contribution in [0.15, 0.2) is 30.3 Å². The Labute approximate surface area is 137 Å². The van der Waals surface area contributed by atoms with Crippen LogP contribution in [0.4, 0.5) is 4.79 Å². The molecule has 3 rings (SSSR count). The number of benzene rings is 1. The highest BCUT2D eigenvalue weighted by atomic mass is 16.2. The number of amides is 3. The maximum Gasteiger partial charge on any atom is 0.315 e. The van der Waals surface area contributed by atoms with Gasteiger partial charge in [-0.25, -0.2) is 4.79 Å². The van der Waals surface area contributed by atoms with E-state index in [9.17, 15) is 9.59 Å². The zero-order valence-electron chi connectivity index (χ0n) is 13.6. The number of nitrogens with one attached hydrogen (secondary N) is 2. The third kappa shape index (κ3) is 4.24. The monoisotopic (exact) mass is 315 g/mol. The number of piperidine rings is 1. The van der Waals surface area contributed by atoms with Crippen molar-refractivity contribution in [3.8, 4) is 0 Å². The average Bonchev–Trinajstić information content (AvgIpc) is 3.40. The van der Waals surface area contributed by atoms with Crippen LogP contribution in [0.1, 0.15) is 44.2 Å². The summed E-state index contributed by atoms with van der Waals surface area (Å²) in [5.41, 5.74) is 1.09. The predicted octanol–water partition coefficient (Wildman–Crippen LogP) is 2.45. The lowest BCUT2D eigenvalue weighted by Crippen LogP contribution is -2.49. The number of hydrogen-bond donors (Lipinski definition) is 2. The van der Waals surface area contributed by atoms with Gasteiger partial charge in [-0.05, 0) is 38.2 Å². The fourth-order valence-corrected chi connectivity index (χ4v) is 3.08. The quantitative estimate of drug-likeness (QED) is 0.896. The minimum absolute atomic E-state index is 0.0206. The Balaban J connectivity index is 1.41. The number of nitrogens with zero attached hydrogens (tertiary/aromatic N) is 1. The van der Waals surface area contributed by atoms with E-state index >= 15 is 0 Å². The maximum absolute atomic E-state index is 12.1. The molecule has 1 saturated heterocycles. The molecule has 0 spiro atoms. The molecule has 1 unspecified atom stereocenters. The van der Waals surface area contributed by atoms with Gasteiger partial charge >= 0.3 is 6.03 Å². The van der Waals surface area contributed by atoms with Gasteiger partial charge in [0, 0.05) is 25.0 Å². The second kappa shape index (κ2) is 7.02. The standard InChI is InChI=1S/C18H25N3O2/c1-13(14-5-3-2-4-6-14)19-18(23)20-16-9-11-21(12-10-16)17(22)15-7-8-15/h2-6,13,15-16H,7-12H2,1H3,(H2,19,20,23). The highest BCUT2D eigenvalue weighted by Gasteiger charge is 2.35. The molecule has 1 aliphatic heterocycles. The second-order valence-corrected chi connectivity index (χ2v) is 6.62. The van der Waals surface area contributed by atoms with E-state index in [1.165, 1.54) is 0 Å². The van der Waals surface area contributed by atoms with Crippen molar-refractivity contribution in [2.24, 2.45) is 5.92 Å². The van der Waals surface area contributed by atoms with Crippen LogP contribution in [-0.2, 0) is 4.79 Å². The summed E-state index contributed by atoms with van der Waals surface area (Å²) >= 11 is 0. The molecule has 3 amide bonds. The Hall–Kier alpha value is -2.04. The van der Waals surface area contributed by atoms with Crippen LogP contribution in [0.25, 0.3) is 0 Å². The summed E-state index contributed by atoms with van der Waals surface area (Å²) in [6, 6.07) is 9.92. The largest absolute Gasteiger partial charge is 0.342 e. The topological polar surface area (TPSA) is 61.4 Å². The molecule has 1 heterocycles. The summed E-state index contributed by atoms with van der Waals surface area (Å²) in [5, 5.41) is 6.01. The average molecular weight is 315 g/mol. The lowest BCUT2D eigenvalue weighted by Gasteiger charge is -2.32. The third-order valence-electron chi connectivity index (χ3n) is 4.72. The van der Waals surface area contributed by atoms with Crippen LogP contribution in [0.2, 0.25) is 0 Å². The van der Waals surface area contributed by atoms with Crippen LogP contribution < -0.4 is 10.6 Å². The van der Waals surface area contributed by atoms with Crippen molar-refractivity contribution in [1.82, 2.24) is 15.5 Å². The van der Waals surface area contributed by atoms with Gasteiger partial charge in [0.15, 0.2) is 0 Å². The van der Waals surface area contributed by atoms with Crippen molar-refractivity contribution in [2.75, 3.05) is 13.1 Å². The molecule has 1 aromatic rings. The van der Waals surface area contributed by atoms with Crippen molar-refractivity contribution in [2.45, 2.75) is 44.7 Å². The van der Waals surface area contributed by atoms with Gasteiger partial charge in [0.05, 0.1) is 6.04 Å². The number of rotatable bonds is 4. The van der Waals surface area contributed by atoms with Gasteiger partial charge in [-0.3, -0.25) is 4.79 Å². The van der Waals surface area contributed by atoms with E-state index < -0.39 is 0 Å². The molecule has 2 N–H and O–H groups in total. The SMILES string of the molecule is CC(NC(=O)NC1CCN(C(=O)C2CC2)CC1)c1ccccc1. The van der Waals surface area contributed by atoms with Gasteiger partial charge in [0.2, 0.25) is 5.91 Å². The first-order valence-corrected chi connectivity index (χ1v) is 8.54.